The summed E-state index contributed by atoms with van der Waals surface area (Å²) in [5.41, 5.74) is 1.94. The van der Waals surface area contributed by atoms with Gasteiger partial charge >= 0.3 is 0 Å². The van der Waals surface area contributed by atoms with Gasteiger partial charge in [-0.25, -0.2) is 4.98 Å². The van der Waals surface area contributed by atoms with Gasteiger partial charge in [-0.3, -0.25) is 9.89 Å². The molecule has 2 aromatic heterocycles. The molecule has 0 spiro atoms. The van der Waals surface area contributed by atoms with Crippen molar-refractivity contribution in [3.8, 4) is 0 Å². The number of carbonyl (C=O) groups excluding carboxylic acids is 1. The number of aromatic nitrogens is 3. The second kappa shape index (κ2) is 5.48. The van der Waals surface area contributed by atoms with Crippen molar-refractivity contribution >= 4 is 22.6 Å². The molecule has 20 heavy (non-hydrogen) atoms. The summed E-state index contributed by atoms with van der Waals surface area (Å²) in [6.07, 6.45) is 4.41. The number of hydrogen-bond donors (Lipinski definition) is 2. The zero-order valence-electron chi connectivity index (χ0n) is 11.6. The van der Waals surface area contributed by atoms with Gasteiger partial charge in [0.05, 0.1) is 16.6 Å². The predicted octanol–water partition coefficient (Wildman–Crippen LogP) is 1.69. The Kier molecular flexibility index (Phi) is 3.54. The number of likely N-dealkylation sites (tertiary alicyclic amines) is 1. The van der Waals surface area contributed by atoms with E-state index in [1.54, 1.807) is 6.20 Å². The Morgan fingerprint density at radius 1 is 1.50 bits per heavy atom. The smallest absolute Gasteiger partial charge is 0.222 e. The number of H-pyrrole nitrogens is 1. The normalized spacial score (nSPS) is 15.2. The molecule has 0 aliphatic carbocycles. The van der Waals surface area contributed by atoms with Crippen molar-refractivity contribution in [3.05, 3.63) is 18.0 Å². The molecule has 0 saturated carbocycles. The number of nitrogens with zero attached hydrogens (tertiary/aromatic N) is 3. The van der Waals surface area contributed by atoms with Crippen LogP contribution in [0, 0.1) is 6.92 Å². The fourth-order valence-electron chi connectivity index (χ4n) is 2.67. The predicted molar refractivity (Wildman–Crippen MR) is 77.5 cm³/mol. The first-order valence-electron chi connectivity index (χ1n) is 7.07. The molecule has 0 radical (unpaired) electrons. The largest absolute Gasteiger partial charge is 0.369 e. The zero-order valence-corrected chi connectivity index (χ0v) is 11.6. The molecule has 2 aromatic rings. The second-order valence-electron chi connectivity index (χ2n) is 5.16. The van der Waals surface area contributed by atoms with Crippen LogP contribution in [0.25, 0.3) is 10.9 Å². The number of aryl methyl sites for hydroxylation is 1. The highest BCUT2D eigenvalue weighted by Gasteiger charge is 2.19. The Labute approximate surface area is 117 Å². The lowest BCUT2D eigenvalue weighted by Gasteiger charge is -2.15. The highest BCUT2D eigenvalue weighted by atomic mass is 16.2. The number of anilines is 1. The quantitative estimate of drug-likeness (QED) is 0.813. The average Bonchev–Trinajstić information content (AvgIpc) is 3.02. The highest BCUT2D eigenvalue weighted by molar-refractivity contribution is 5.91. The highest BCUT2D eigenvalue weighted by Crippen LogP contribution is 2.22. The summed E-state index contributed by atoms with van der Waals surface area (Å²) in [7, 11) is 0. The summed E-state index contributed by atoms with van der Waals surface area (Å²) in [6, 6.07) is 1.92. The van der Waals surface area contributed by atoms with Crippen molar-refractivity contribution in [2.75, 3.05) is 25.0 Å². The van der Waals surface area contributed by atoms with Crippen LogP contribution >= 0.6 is 0 Å². The summed E-state index contributed by atoms with van der Waals surface area (Å²) < 4.78 is 0. The first-order valence-corrected chi connectivity index (χ1v) is 7.07. The second-order valence-corrected chi connectivity index (χ2v) is 5.16. The molecule has 6 nitrogen and oxygen atoms in total. The third-order valence-electron chi connectivity index (χ3n) is 3.73. The fraction of sp³-hybridized carbons (Fsp3) is 0.500. The van der Waals surface area contributed by atoms with E-state index in [-0.39, 0.29) is 5.91 Å². The van der Waals surface area contributed by atoms with Gasteiger partial charge in [-0.1, -0.05) is 0 Å². The number of rotatable bonds is 5. The monoisotopic (exact) mass is 273 g/mol. The van der Waals surface area contributed by atoms with E-state index in [0.29, 0.717) is 6.42 Å². The third-order valence-corrected chi connectivity index (χ3v) is 3.73. The van der Waals surface area contributed by atoms with Crippen LogP contribution < -0.4 is 5.32 Å². The van der Waals surface area contributed by atoms with Crippen molar-refractivity contribution in [1.82, 2.24) is 20.1 Å². The van der Waals surface area contributed by atoms with E-state index in [9.17, 15) is 4.79 Å². The Balaban J connectivity index is 1.57. The van der Waals surface area contributed by atoms with Gasteiger partial charge in [0.1, 0.15) is 5.82 Å². The van der Waals surface area contributed by atoms with E-state index in [4.69, 9.17) is 0 Å². The minimum Gasteiger partial charge on any atom is -0.369 e. The van der Waals surface area contributed by atoms with Crippen LogP contribution in [0.1, 0.15) is 25.0 Å². The molecular formula is C14H19N5O. The lowest BCUT2D eigenvalue weighted by Crippen LogP contribution is -2.27. The minimum absolute atomic E-state index is 0.288. The van der Waals surface area contributed by atoms with E-state index in [2.05, 4.69) is 20.5 Å². The van der Waals surface area contributed by atoms with Crippen LogP contribution in [0.15, 0.2) is 12.3 Å². The van der Waals surface area contributed by atoms with E-state index in [1.165, 1.54) is 0 Å². The molecule has 1 aliphatic heterocycles. The standard InChI is InChI=1S/C14H19N5O/c1-10-13-11(18-17-10)5-7-16-14(13)15-6-3-9-19-8-2-4-12(19)20/h5,7H,2-4,6,8-9H2,1H3,(H,15,16)(H,17,18). The lowest BCUT2D eigenvalue weighted by atomic mass is 10.2. The Bertz CT molecular complexity index is 621. The van der Waals surface area contributed by atoms with Crippen molar-refractivity contribution in [2.45, 2.75) is 26.2 Å². The number of hydrogen-bond acceptors (Lipinski definition) is 4. The van der Waals surface area contributed by atoms with Gasteiger partial charge in [-0.2, -0.15) is 5.10 Å². The summed E-state index contributed by atoms with van der Waals surface area (Å²) in [4.78, 5) is 17.8. The first kappa shape index (κ1) is 12.9. The molecule has 2 N–H and O–H groups in total. The molecule has 1 aliphatic rings. The molecule has 3 rings (SSSR count). The fourth-order valence-corrected chi connectivity index (χ4v) is 2.67. The molecule has 0 unspecified atom stereocenters. The van der Waals surface area contributed by atoms with Gasteiger partial charge in [-0.15, -0.1) is 0 Å². The van der Waals surface area contributed by atoms with Gasteiger partial charge in [-0.05, 0) is 25.8 Å². The van der Waals surface area contributed by atoms with Gasteiger partial charge < -0.3 is 10.2 Å². The average molecular weight is 273 g/mol. The van der Waals surface area contributed by atoms with Crippen molar-refractivity contribution in [1.29, 1.82) is 0 Å². The van der Waals surface area contributed by atoms with Crippen LogP contribution in [0.4, 0.5) is 5.82 Å². The molecule has 0 atom stereocenters. The van der Waals surface area contributed by atoms with E-state index >= 15 is 0 Å². The Morgan fingerprint density at radius 3 is 3.20 bits per heavy atom. The van der Waals surface area contributed by atoms with Crippen molar-refractivity contribution in [3.63, 3.8) is 0 Å². The summed E-state index contributed by atoms with van der Waals surface area (Å²) in [5, 5.41) is 11.6. The first-order chi connectivity index (χ1) is 9.75. The molecule has 6 heteroatoms. The third kappa shape index (κ3) is 2.45. The Morgan fingerprint density at radius 2 is 2.40 bits per heavy atom. The van der Waals surface area contributed by atoms with Crippen molar-refractivity contribution < 1.29 is 4.79 Å². The van der Waals surface area contributed by atoms with Gasteiger partial charge in [0, 0.05) is 32.3 Å². The summed E-state index contributed by atoms with van der Waals surface area (Å²) in [6.45, 7) is 4.51. The maximum atomic E-state index is 11.5. The summed E-state index contributed by atoms with van der Waals surface area (Å²) >= 11 is 0. The van der Waals surface area contributed by atoms with Crippen LogP contribution in [0.3, 0.4) is 0 Å². The van der Waals surface area contributed by atoms with Crippen LogP contribution in [-0.2, 0) is 4.79 Å². The van der Waals surface area contributed by atoms with Crippen LogP contribution in [-0.4, -0.2) is 45.6 Å². The molecule has 0 aromatic carbocycles. The maximum Gasteiger partial charge on any atom is 0.222 e. The van der Waals surface area contributed by atoms with Gasteiger partial charge in [0.25, 0.3) is 0 Å². The number of nitrogens with one attached hydrogen (secondary N) is 2. The number of aromatic amines is 1. The van der Waals surface area contributed by atoms with E-state index in [1.807, 2.05) is 17.9 Å². The lowest BCUT2D eigenvalue weighted by molar-refractivity contribution is -0.127. The zero-order chi connectivity index (χ0) is 13.9. The van der Waals surface area contributed by atoms with E-state index in [0.717, 1.165) is 54.9 Å². The topological polar surface area (TPSA) is 73.9 Å². The minimum atomic E-state index is 0.288. The molecule has 1 fully saturated rings. The molecule has 3 heterocycles. The molecule has 1 saturated heterocycles. The molecular weight excluding hydrogens is 254 g/mol. The van der Waals surface area contributed by atoms with Crippen LogP contribution in [0.5, 0.6) is 0 Å². The van der Waals surface area contributed by atoms with E-state index < -0.39 is 0 Å². The number of amides is 1. The molecule has 1 amide bonds. The summed E-state index contributed by atoms with van der Waals surface area (Å²) in [5.74, 6) is 1.15. The number of pyridine rings is 1. The Hall–Kier alpha value is -2.11. The van der Waals surface area contributed by atoms with Gasteiger partial charge in [0.15, 0.2) is 0 Å². The SMILES string of the molecule is Cc1n[nH]c2ccnc(NCCCN3CCCC3=O)c12. The molecule has 0 bridgehead atoms. The number of carbonyl (C=O) groups is 1. The molecule has 106 valence electrons. The van der Waals surface area contributed by atoms with Crippen LogP contribution in [0.2, 0.25) is 0 Å². The number of fused-ring (bicyclic) bond motifs is 1. The van der Waals surface area contributed by atoms with Gasteiger partial charge in [0.2, 0.25) is 5.91 Å². The van der Waals surface area contributed by atoms with Crippen molar-refractivity contribution in [2.24, 2.45) is 0 Å². The maximum absolute atomic E-state index is 11.5.